The van der Waals surface area contributed by atoms with Gasteiger partial charge in [-0.2, -0.15) is 0 Å². The maximum absolute atomic E-state index is 5.97. The third-order valence-corrected chi connectivity index (χ3v) is 4.87. The van der Waals surface area contributed by atoms with Crippen LogP contribution in [0.25, 0.3) is 0 Å². The highest BCUT2D eigenvalue weighted by Gasteiger charge is 2.32. The van der Waals surface area contributed by atoms with E-state index in [2.05, 4.69) is 52.7 Å². The molecular formula is C16H20N2S. The van der Waals surface area contributed by atoms with Crippen molar-refractivity contribution in [1.29, 1.82) is 0 Å². The first-order chi connectivity index (χ1) is 9.36. The zero-order chi connectivity index (χ0) is 13.1. The van der Waals surface area contributed by atoms with Gasteiger partial charge in [0.05, 0.1) is 0 Å². The molecular weight excluding hydrogens is 252 g/mol. The predicted octanol–water partition coefficient (Wildman–Crippen LogP) is 2.92. The van der Waals surface area contributed by atoms with Crippen molar-refractivity contribution in [3.63, 3.8) is 0 Å². The fourth-order valence-corrected chi connectivity index (χ4v) is 3.78. The van der Waals surface area contributed by atoms with Crippen molar-refractivity contribution in [2.24, 2.45) is 11.7 Å². The Hall–Kier alpha value is -1.16. The topological polar surface area (TPSA) is 29.3 Å². The highest BCUT2D eigenvalue weighted by Crippen LogP contribution is 2.33. The molecule has 2 nitrogen and oxygen atoms in total. The molecule has 2 aromatic rings. The largest absolute Gasteiger partial charge is 0.330 e. The van der Waals surface area contributed by atoms with Crippen molar-refractivity contribution in [2.45, 2.75) is 12.5 Å². The summed E-state index contributed by atoms with van der Waals surface area (Å²) in [5, 5.41) is 2.15. The number of hydrogen-bond donors (Lipinski definition) is 1. The second-order valence-corrected chi connectivity index (χ2v) is 6.32. The van der Waals surface area contributed by atoms with Gasteiger partial charge in [-0.25, -0.2) is 0 Å². The first-order valence-corrected chi connectivity index (χ1v) is 7.74. The van der Waals surface area contributed by atoms with Crippen molar-refractivity contribution in [3.8, 4) is 0 Å². The van der Waals surface area contributed by atoms with Gasteiger partial charge >= 0.3 is 0 Å². The molecule has 1 aromatic carbocycles. The molecule has 0 unspecified atom stereocenters. The van der Waals surface area contributed by atoms with Gasteiger partial charge in [-0.1, -0.05) is 36.4 Å². The number of likely N-dealkylation sites (tertiary alicyclic amines) is 1. The Morgan fingerprint density at radius 2 is 1.95 bits per heavy atom. The van der Waals surface area contributed by atoms with E-state index in [1.54, 1.807) is 0 Å². The van der Waals surface area contributed by atoms with Gasteiger partial charge in [0, 0.05) is 30.4 Å². The van der Waals surface area contributed by atoms with Crippen LogP contribution in [0.3, 0.4) is 0 Å². The Bertz CT molecular complexity index is 495. The van der Waals surface area contributed by atoms with E-state index in [0.29, 0.717) is 11.8 Å². The van der Waals surface area contributed by atoms with Gasteiger partial charge in [-0.15, -0.1) is 11.3 Å². The van der Waals surface area contributed by atoms with Gasteiger partial charge in [0.15, 0.2) is 0 Å². The Morgan fingerprint density at radius 1 is 1.11 bits per heavy atom. The molecule has 0 bridgehead atoms. The second kappa shape index (κ2) is 5.87. The van der Waals surface area contributed by atoms with Gasteiger partial charge in [0.2, 0.25) is 0 Å². The van der Waals surface area contributed by atoms with Crippen LogP contribution < -0.4 is 5.73 Å². The zero-order valence-corrected chi connectivity index (χ0v) is 11.9. The van der Waals surface area contributed by atoms with E-state index in [4.69, 9.17) is 5.73 Å². The average Bonchev–Trinajstić information content (AvgIpc) is 3.09. The molecule has 0 spiro atoms. The molecule has 1 aliphatic heterocycles. The molecule has 100 valence electrons. The number of benzene rings is 1. The standard InChI is InChI=1S/C16H20N2S/c17-9-14-10-18(11-15-7-4-8-19-15)12-16(14)13-5-2-1-3-6-13/h1-8,14,16H,9-12,17H2/t14-,16+/m1/s1. The molecule has 1 aliphatic rings. The van der Waals surface area contributed by atoms with Crippen LogP contribution in [0.1, 0.15) is 16.4 Å². The summed E-state index contributed by atoms with van der Waals surface area (Å²) < 4.78 is 0. The molecule has 3 rings (SSSR count). The van der Waals surface area contributed by atoms with Crippen molar-refractivity contribution in [2.75, 3.05) is 19.6 Å². The molecule has 19 heavy (non-hydrogen) atoms. The van der Waals surface area contributed by atoms with Gasteiger partial charge in [0.1, 0.15) is 0 Å². The van der Waals surface area contributed by atoms with Crippen molar-refractivity contribution in [1.82, 2.24) is 4.90 Å². The Labute approximate surface area is 118 Å². The van der Waals surface area contributed by atoms with E-state index in [9.17, 15) is 0 Å². The third kappa shape index (κ3) is 2.89. The van der Waals surface area contributed by atoms with Gasteiger partial charge in [-0.3, -0.25) is 4.90 Å². The molecule has 3 heteroatoms. The summed E-state index contributed by atoms with van der Waals surface area (Å²) in [4.78, 5) is 3.99. The van der Waals surface area contributed by atoms with Crippen LogP contribution >= 0.6 is 11.3 Å². The minimum absolute atomic E-state index is 0.586. The normalized spacial score (nSPS) is 23.8. The first-order valence-electron chi connectivity index (χ1n) is 6.86. The summed E-state index contributed by atoms with van der Waals surface area (Å²) in [6, 6.07) is 15.2. The fraction of sp³-hybridized carbons (Fsp3) is 0.375. The number of thiophene rings is 1. The number of nitrogens with two attached hydrogens (primary N) is 1. The summed E-state index contributed by atoms with van der Waals surface area (Å²) in [6.45, 7) is 4.09. The third-order valence-electron chi connectivity index (χ3n) is 4.01. The lowest BCUT2D eigenvalue weighted by molar-refractivity contribution is 0.319. The second-order valence-electron chi connectivity index (χ2n) is 5.29. The summed E-state index contributed by atoms with van der Waals surface area (Å²) in [5.41, 5.74) is 7.41. The minimum Gasteiger partial charge on any atom is -0.330 e. The lowest BCUT2D eigenvalue weighted by Crippen LogP contribution is -2.22. The Balaban J connectivity index is 1.72. The Kier molecular flexibility index (Phi) is 3.97. The molecule has 0 amide bonds. The summed E-state index contributed by atoms with van der Waals surface area (Å²) >= 11 is 1.84. The van der Waals surface area contributed by atoms with Crippen LogP contribution in [-0.4, -0.2) is 24.5 Å². The molecule has 1 fully saturated rings. The van der Waals surface area contributed by atoms with E-state index in [-0.39, 0.29) is 0 Å². The lowest BCUT2D eigenvalue weighted by Gasteiger charge is -2.16. The molecule has 1 aromatic heterocycles. The molecule has 2 heterocycles. The van der Waals surface area contributed by atoms with Gasteiger partial charge in [0.25, 0.3) is 0 Å². The monoisotopic (exact) mass is 272 g/mol. The zero-order valence-electron chi connectivity index (χ0n) is 11.0. The molecule has 0 aliphatic carbocycles. The number of nitrogens with zero attached hydrogens (tertiary/aromatic N) is 1. The molecule has 2 atom stereocenters. The van der Waals surface area contributed by atoms with Gasteiger partial charge in [-0.05, 0) is 29.5 Å². The fourth-order valence-electron chi connectivity index (χ4n) is 3.03. The van der Waals surface area contributed by atoms with Crippen LogP contribution in [0, 0.1) is 5.92 Å². The predicted molar refractivity (Wildman–Crippen MR) is 81.3 cm³/mol. The molecule has 2 N–H and O–H groups in total. The highest BCUT2D eigenvalue weighted by atomic mass is 32.1. The van der Waals surface area contributed by atoms with Gasteiger partial charge < -0.3 is 5.73 Å². The molecule has 1 saturated heterocycles. The smallest absolute Gasteiger partial charge is 0.0328 e. The van der Waals surface area contributed by atoms with E-state index in [0.717, 1.165) is 26.2 Å². The van der Waals surface area contributed by atoms with E-state index in [1.807, 2.05) is 11.3 Å². The van der Waals surface area contributed by atoms with Crippen LogP contribution in [-0.2, 0) is 6.54 Å². The number of hydrogen-bond acceptors (Lipinski definition) is 3. The Morgan fingerprint density at radius 3 is 2.63 bits per heavy atom. The average molecular weight is 272 g/mol. The van der Waals surface area contributed by atoms with Crippen molar-refractivity contribution in [3.05, 3.63) is 58.3 Å². The van der Waals surface area contributed by atoms with Crippen LogP contribution in [0.2, 0.25) is 0 Å². The first kappa shape index (κ1) is 12.9. The summed E-state index contributed by atoms with van der Waals surface area (Å²) in [5.74, 6) is 1.17. The maximum Gasteiger partial charge on any atom is 0.0328 e. The lowest BCUT2D eigenvalue weighted by atomic mass is 9.89. The summed E-state index contributed by atoms with van der Waals surface area (Å²) in [7, 11) is 0. The maximum atomic E-state index is 5.97. The van der Waals surface area contributed by atoms with Crippen LogP contribution in [0.4, 0.5) is 0 Å². The summed E-state index contributed by atoms with van der Waals surface area (Å²) in [6.07, 6.45) is 0. The van der Waals surface area contributed by atoms with Crippen molar-refractivity contribution >= 4 is 11.3 Å². The SMILES string of the molecule is NC[C@@H]1CN(Cc2cccs2)C[C@H]1c1ccccc1. The van der Waals surface area contributed by atoms with Crippen LogP contribution in [0.5, 0.6) is 0 Å². The van der Waals surface area contributed by atoms with E-state index >= 15 is 0 Å². The van der Waals surface area contributed by atoms with E-state index < -0.39 is 0 Å². The number of rotatable bonds is 4. The highest BCUT2D eigenvalue weighted by molar-refractivity contribution is 7.09. The van der Waals surface area contributed by atoms with E-state index in [1.165, 1.54) is 10.4 Å². The van der Waals surface area contributed by atoms with Crippen molar-refractivity contribution < 1.29 is 0 Å². The minimum atomic E-state index is 0.586. The molecule has 0 radical (unpaired) electrons. The van der Waals surface area contributed by atoms with Crippen LogP contribution in [0.15, 0.2) is 47.8 Å². The molecule has 0 saturated carbocycles. The quantitative estimate of drug-likeness (QED) is 0.927.